The van der Waals surface area contributed by atoms with Crippen LogP contribution in [-0.2, 0) is 11.3 Å². The monoisotopic (exact) mass is 248 g/mol. The van der Waals surface area contributed by atoms with Gasteiger partial charge in [0.2, 0.25) is 6.79 Å². The molecule has 0 N–H and O–H groups in total. The van der Waals surface area contributed by atoms with Gasteiger partial charge in [-0.15, -0.1) is 0 Å². The molecular weight excluding hydrogens is 228 g/mol. The smallest absolute Gasteiger partial charge is 0.231 e. The highest BCUT2D eigenvalue weighted by Crippen LogP contribution is 2.32. The quantitative estimate of drug-likeness (QED) is 0.816. The number of benzene rings is 1. The third-order valence-electron chi connectivity index (χ3n) is 3.78. The van der Waals surface area contributed by atoms with Crippen LogP contribution in [0, 0.1) is 5.92 Å². The van der Waals surface area contributed by atoms with Gasteiger partial charge in [0.1, 0.15) is 0 Å². The van der Waals surface area contributed by atoms with E-state index in [0.717, 1.165) is 29.6 Å². The highest BCUT2D eigenvalue weighted by Gasteiger charge is 2.15. The molecule has 3 nitrogen and oxygen atoms in total. The van der Waals surface area contributed by atoms with Crippen LogP contribution in [0.2, 0.25) is 0 Å². The molecule has 98 valence electrons. The van der Waals surface area contributed by atoms with Crippen LogP contribution in [0.25, 0.3) is 0 Å². The minimum absolute atomic E-state index is 0.335. The van der Waals surface area contributed by atoms with E-state index in [4.69, 9.17) is 14.2 Å². The first-order valence-corrected chi connectivity index (χ1v) is 6.88. The summed E-state index contributed by atoms with van der Waals surface area (Å²) in [5.41, 5.74) is 1.16. The van der Waals surface area contributed by atoms with Crippen LogP contribution in [0.3, 0.4) is 0 Å². The van der Waals surface area contributed by atoms with Crippen LogP contribution in [0.1, 0.15) is 37.7 Å². The molecule has 1 aliphatic carbocycles. The summed E-state index contributed by atoms with van der Waals surface area (Å²) in [4.78, 5) is 0. The Hall–Kier alpha value is -1.22. The lowest BCUT2D eigenvalue weighted by Gasteiger charge is -2.21. The van der Waals surface area contributed by atoms with E-state index in [-0.39, 0.29) is 0 Å². The molecule has 0 bridgehead atoms. The van der Waals surface area contributed by atoms with Crippen LogP contribution in [0.15, 0.2) is 18.2 Å². The molecule has 0 aromatic heterocycles. The molecule has 1 fully saturated rings. The first-order chi connectivity index (χ1) is 8.92. The average molecular weight is 248 g/mol. The summed E-state index contributed by atoms with van der Waals surface area (Å²) in [5.74, 6) is 2.45. The standard InChI is InChI=1S/C15H20O3/c1-2-4-12(5-3-1)9-16-10-13-6-7-14-15(8-13)18-11-17-14/h6-8,12H,1-5,9-11H2. The molecule has 1 heterocycles. The summed E-state index contributed by atoms with van der Waals surface area (Å²) in [7, 11) is 0. The van der Waals surface area contributed by atoms with Crippen LogP contribution in [0.4, 0.5) is 0 Å². The Morgan fingerprint density at radius 2 is 1.89 bits per heavy atom. The van der Waals surface area contributed by atoms with Gasteiger partial charge in [0.15, 0.2) is 11.5 Å². The Bertz CT molecular complexity index is 397. The minimum atomic E-state index is 0.335. The maximum Gasteiger partial charge on any atom is 0.231 e. The lowest BCUT2D eigenvalue weighted by molar-refractivity contribution is 0.0738. The predicted molar refractivity (Wildman–Crippen MR) is 68.8 cm³/mol. The van der Waals surface area contributed by atoms with E-state index < -0.39 is 0 Å². The lowest BCUT2D eigenvalue weighted by atomic mass is 9.90. The van der Waals surface area contributed by atoms with Crippen molar-refractivity contribution >= 4 is 0 Å². The molecule has 1 aromatic rings. The number of fused-ring (bicyclic) bond motifs is 1. The van der Waals surface area contributed by atoms with Crippen LogP contribution < -0.4 is 9.47 Å². The summed E-state index contributed by atoms with van der Waals surface area (Å²) in [6.07, 6.45) is 6.82. The van der Waals surface area contributed by atoms with Gasteiger partial charge >= 0.3 is 0 Å². The summed E-state index contributed by atoms with van der Waals surface area (Å²) in [6.45, 7) is 1.91. The summed E-state index contributed by atoms with van der Waals surface area (Å²) < 4.78 is 16.5. The molecule has 0 unspecified atom stereocenters. The highest BCUT2D eigenvalue weighted by atomic mass is 16.7. The average Bonchev–Trinajstić information content (AvgIpc) is 2.87. The minimum Gasteiger partial charge on any atom is -0.454 e. The van der Waals surface area contributed by atoms with Gasteiger partial charge in [-0.3, -0.25) is 0 Å². The van der Waals surface area contributed by atoms with Gasteiger partial charge in [-0.05, 0) is 36.5 Å². The Kier molecular flexibility index (Phi) is 3.69. The molecule has 1 saturated carbocycles. The number of hydrogen-bond donors (Lipinski definition) is 0. The molecule has 0 amide bonds. The molecular formula is C15H20O3. The zero-order chi connectivity index (χ0) is 12.2. The van der Waals surface area contributed by atoms with Crippen molar-refractivity contribution < 1.29 is 14.2 Å². The fraction of sp³-hybridized carbons (Fsp3) is 0.600. The van der Waals surface area contributed by atoms with Gasteiger partial charge < -0.3 is 14.2 Å². The molecule has 1 aliphatic heterocycles. The van der Waals surface area contributed by atoms with Gasteiger partial charge in [-0.1, -0.05) is 25.3 Å². The molecule has 0 saturated heterocycles. The van der Waals surface area contributed by atoms with Gasteiger partial charge in [0.25, 0.3) is 0 Å². The van der Waals surface area contributed by atoms with Crippen molar-refractivity contribution in [2.45, 2.75) is 38.7 Å². The zero-order valence-corrected chi connectivity index (χ0v) is 10.7. The zero-order valence-electron chi connectivity index (χ0n) is 10.7. The van der Waals surface area contributed by atoms with Crippen molar-refractivity contribution in [3.8, 4) is 11.5 Å². The molecule has 0 spiro atoms. The fourth-order valence-electron chi connectivity index (χ4n) is 2.73. The third kappa shape index (κ3) is 2.78. The Balaban J connectivity index is 1.48. The van der Waals surface area contributed by atoms with E-state index in [0.29, 0.717) is 13.4 Å². The Morgan fingerprint density at radius 3 is 2.78 bits per heavy atom. The van der Waals surface area contributed by atoms with Crippen molar-refractivity contribution in [2.75, 3.05) is 13.4 Å². The maximum atomic E-state index is 5.82. The van der Waals surface area contributed by atoms with E-state index in [1.54, 1.807) is 0 Å². The van der Waals surface area contributed by atoms with Crippen molar-refractivity contribution in [3.63, 3.8) is 0 Å². The first-order valence-electron chi connectivity index (χ1n) is 6.88. The second-order valence-electron chi connectivity index (χ2n) is 5.21. The molecule has 3 heteroatoms. The number of ether oxygens (including phenoxy) is 3. The second-order valence-corrected chi connectivity index (χ2v) is 5.21. The number of rotatable bonds is 4. The predicted octanol–water partition coefficient (Wildman–Crippen LogP) is 3.51. The van der Waals surface area contributed by atoms with E-state index >= 15 is 0 Å². The first kappa shape index (κ1) is 11.8. The summed E-state index contributed by atoms with van der Waals surface area (Å²) in [5, 5.41) is 0. The van der Waals surface area contributed by atoms with Crippen molar-refractivity contribution in [1.82, 2.24) is 0 Å². The van der Waals surface area contributed by atoms with E-state index in [1.807, 2.05) is 18.2 Å². The van der Waals surface area contributed by atoms with E-state index in [1.165, 1.54) is 32.1 Å². The second kappa shape index (κ2) is 5.61. The molecule has 18 heavy (non-hydrogen) atoms. The molecule has 0 radical (unpaired) electrons. The number of hydrogen-bond acceptors (Lipinski definition) is 3. The Morgan fingerprint density at radius 1 is 1.06 bits per heavy atom. The summed E-state index contributed by atoms with van der Waals surface area (Å²) >= 11 is 0. The van der Waals surface area contributed by atoms with Gasteiger partial charge in [0.05, 0.1) is 6.61 Å². The summed E-state index contributed by atoms with van der Waals surface area (Å²) in [6, 6.07) is 6.03. The van der Waals surface area contributed by atoms with E-state index in [9.17, 15) is 0 Å². The topological polar surface area (TPSA) is 27.7 Å². The van der Waals surface area contributed by atoms with Crippen molar-refractivity contribution in [1.29, 1.82) is 0 Å². The third-order valence-corrected chi connectivity index (χ3v) is 3.78. The molecule has 0 atom stereocenters. The highest BCUT2D eigenvalue weighted by molar-refractivity contribution is 5.44. The molecule has 2 aliphatic rings. The normalized spacial score (nSPS) is 19.1. The SMILES string of the molecule is c1cc2c(cc1COCC1CCCCC1)OCO2. The van der Waals surface area contributed by atoms with Gasteiger partial charge in [-0.2, -0.15) is 0 Å². The Labute approximate surface area is 108 Å². The van der Waals surface area contributed by atoms with Crippen LogP contribution >= 0.6 is 0 Å². The van der Waals surface area contributed by atoms with Crippen molar-refractivity contribution in [2.24, 2.45) is 5.92 Å². The lowest BCUT2D eigenvalue weighted by Crippen LogP contribution is -2.13. The largest absolute Gasteiger partial charge is 0.454 e. The maximum absolute atomic E-state index is 5.82. The molecule has 1 aromatic carbocycles. The van der Waals surface area contributed by atoms with Gasteiger partial charge in [-0.25, -0.2) is 0 Å². The fourth-order valence-corrected chi connectivity index (χ4v) is 2.73. The van der Waals surface area contributed by atoms with Crippen LogP contribution in [0.5, 0.6) is 11.5 Å². The molecule has 3 rings (SSSR count). The van der Waals surface area contributed by atoms with Crippen molar-refractivity contribution in [3.05, 3.63) is 23.8 Å². The van der Waals surface area contributed by atoms with E-state index in [2.05, 4.69) is 0 Å². The van der Waals surface area contributed by atoms with Gasteiger partial charge in [0, 0.05) is 6.61 Å². The van der Waals surface area contributed by atoms with Crippen LogP contribution in [-0.4, -0.2) is 13.4 Å².